The van der Waals surface area contributed by atoms with Gasteiger partial charge in [0.1, 0.15) is 5.60 Å². The van der Waals surface area contributed by atoms with Crippen LogP contribution in [0.5, 0.6) is 0 Å². The Kier molecular flexibility index (Phi) is 4.59. The van der Waals surface area contributed by atoms with Crippen LogP contribution in [0, 0.1) is 5.92 Å². The van der Waals surface area contributed by atoms with E-state index in [0.29, 0.717) is 17.5 Å². The molecule has 0 amide bonds. The maximum absolute atomic E-state index is 10.2. The molecule has 0 bridgehead atoms. The van der Waals surface area contributed by atoms with Gasteiger partial charge in [-0.3, -0.25) is 0 Å². The molecule has 0 aliphatic rings. The molecule has 0 radical (unpaired) electrons. The molecule has 1 atom stereocenters. The molecule has 1 unspecified atom stereocenters. The van der Waals surface area contributed by atoms with Crippen molar-refractivity contribution in [3.05, 3.63) is 21.3 Å². The first-order chi connectivity index (χ1) is 6.93. The molecule has 0 saturated carbocycles. The molecular weight excluding hydrogens is 230 g/mol. The Morgan fingerprint density at radius 2 is 2.27 bits per heavy atom. The van der Waals surface area contributed by atoms with Crippen molar-refractivity contribution in [3.8, 4) is 0 Å². The Labute approximate surface area is 100 Å². The highest BCUT2D eigenvalue weighted by molar-refractivity contribution is 7.10. The molecule has 15 heavy (non-hydrogen) atoms. The summed E-state index contributed by atoms with van der Waals surface area (Å²) in [6.07, 6.45) is 0. The highest BCUT2D eigenvalue weighted by Gasteiger charge is 2.26. The van der Waals surface area contributed by atoms with Gasteiger partial charge in [-0.05, 0) is 30.8 Å². The predicted molar refractivity (Wildman–Crippen MR) is 66.6 cm³/mol. The summed E-state index contributed by atoms with van der Waals surface area (Å²) in [5.41, 5.74) is -0.875. The van der Waals surface area contributed by atoms with E-state index in [-0.39, 0.29) is 0 Å². The van der Waals surface area contributed by atoms with Crippen LogP contribution in [0.25, 0.3) is 0 Å². The van der Waals surface area contributed by atoms with Crippen molar-refractivity contribution in [1.29, 1.82) is 0 Å². The summed E-state index contributed by atoms with van der Waals surface area (Å²) in [7, 11) is 0. The van der Waals surface area contributed by atoms with Crippen LogP contribution < -0.4 is 5.32 Å². The highest BCUT2D eigenvalue weighted by atomic mass is 35.5. The monoisotopic (exact) mass is 247 g/mol. The van der Waals surface area contributed by atoms with Crippen molar-refractivity contribution >= 4 is 22.9 Å². The van der Waals surface area contributed by atoms with E-state index in [1.54, 1.807) is 6.92 Å². The third-order valence-corrected chi connectivity index (χ3v) is 3.72. The van der Waals surface area contributed by atoms with E-state index in [1.165, 1.54) is 11.3 Å². The van der Waals surface area contributed by atoms with Gasteiger partial charge in [0.05, 0.1) is 9.90 Å². The summed E-state index contributed by atoms with van der Waals surface area (Å²) in [6.45, 7) is 7.50. The number of thiophene rings is 1. The lowest BCUT2D eigenvalue weighted by Crippen LogP contribution is -2.36. The second-order valence-corrected chi connectivity index (χ2v) is 5.72. The average molecular weight is 248 g/mol. The van der Waals surface area contributed by atoms with Crippen molar-refractivity contribution in [2.24, 2.45) is 5.92 Å². The molecule has 4 heteroatoms. The second-order valence-electron chi connectivity index (χ2n) is 4.40. The molecule has 2 nitrogen and oxygen atoms in total. The van der Waals surface area contributed by atoms with Gasteiger partial charge in [-0.25, -0.2) is 0 Å². The minimum absolute atomic E-state index is 0.533. The fraction of sp³-hybridized carbons (Fsp3) is 0.636. The molecule has 1 aromatic rings. The molecule has 0 aliphatic heterocycles. The van der Waals surface area contributed by atoms with Crippen LogP contribution in [-0.4, -0.2) is 18.2 Å². The highest BCUT2D eigenvalue weighted by Crippen LogP contribution is 2.32. The summed E-state index contributed by atoms with van der Waals surface area (Å²) in [5, 5.41) is 16.0. The fourth-order valence-electron chi connectivity index (χ4n) is 1.36. The van der Waals surface area contributed by atoms with Gasteiger partial charge in [0.25, 0.3) is 0 Å². The minimum atomic E-state index is -0.875. The molecule has 1 heterocycles. The molecular formula is C11H18ClNOS. The summed E-state index contributed by atoms with van der Waals surface area (Å²) in [4.78, 5) is 0.834. The smallest absolute Gasteiger partial charge is 0.110 e. The maximum Gasteiger partial charge on any atom is 0.110 e. The topological polar surface area (TPSA) is 32.3 Å². The normalized spacial score (nSPS) is 15.6. The zero-order valence-electron chi connectivity index (χ0n) is 9.38. The molecule has 0 aromatic carbocycles. The molecule has 86 valence electrons. The van der Waals surface area contributed by atoms with Gasteiger partial charge in [-0.2, -0.15) is 0 Å². The third-order valence-electron chi connectivity index (χ3n) is 2.13. The largest absolute Gasteiger partial charge is 0.383 e. The van der Waals surface area contributed by atoms with Gasteiger partial charge in [0.15, 0.2) is 0 Å². The minimum Gasteiger partial charge on any atom is -0.383 e. The maximum atomic E-state index is 10.2. The molecule has 0 aliphatic carbocycles. The summed E-state index contributed by atoms with van der Waals surface area (Å²) in [5.74, 6) is 0.583. The van der Waals surface area contributed by atoms with E-state index in [0.717, 1.165) is 11.4 Å². The van der Waals surface area contributed by atoms with Gasteiger partial charge >= 0.3 is 0 Å². The first-order valence-electron chi connectivity index (χ1n) is 5.10. The van der Waals surface area contributed by atoms with Crippen LogP contribution in [0.1, 0.15) is 25.6 Å². The van der Waals surface area contributed by atoms with Crippen LogP contribution >= 0.6 is 22.9 Å². The number of aliphatic hydroxyl groups is 1. The van der Waals surface area contributed by atoms with E-state index in [1.807, 2.05) is 11.4 Å². The summed E-state index contributed by atoms with van der Waals surface area (Å²) < 4.78 is 0. The number of halogens is 1. The first-order valence-corrected chi connectivity index (χ1v) is 6.36. The molecule has 1 aromatic heterocycles. The number of hydrogen-bond acceptors (Lipinski definition) is 3. The Hall–Kier alpha value is -0.0900. The fourth-order valence-corrected chi connectivity index (χ4v) is 2.68. The third kappa shape index (κ3) is 3.76. The van der Waals surface area contributed by atoms with Gasteiger partial charge in [0.2, 0.25) is 0 Å². The Bertz CT molecular complexity index is 309. The lowest BCUT2D eigenvalue weighted by molar-refractivity contribution is 0.0603. The molecule has 2 N–H and O–H groups in total. The molecule has 0 saturated heterocycles. The zero-order chi connectivity index (χ0) is 11.5. The summed E-state index contributed by atoms with van der Waals surface area (Å²) >= 11 is 7.48. The van der Waals surface area contributed by atoms with Crippen molar-refractivity contribution in [1.82, 2.24) is 5.32 Å². The first kappa shape index (κ1) is 13.0. The quantitative estimate of drug-likeness (QED) is 0.839. The van der Waals surface area contributed by atoms with E-state index >= 15 is 0 Å². The van der Waals surface area contributed by atoms with Gasteiger partial charge < -0.3 is 10.4 Å². The van der Waals surface area contributed by atoms with Gasteiger partial charge in [0, 0.05) is 6.54 Å². The van der Waals surface area contributed by atoms with E-state index in [4.69, 9.17) is 11.6 Å². The van der Waals surface area contributed by atoms with Crippen molar-refractivity contribution < 1.29 is 5.11 Å². The Morgan fingerprint density at radius 1 is 1.60 bits per heavy atom. The van der Waals surface area contributed by atoms with Crippen molar-refractivity contribution in [2.75, 3.05) is 13.1 Å². The Morgan fingerprint density at radius 3 is 2.73 bits per heavy atom. The SMILES string of the molecule is CC(C)CNCC(C)(O)c1sccc1Cl. The lowest BCUT2D eigenvalue weighted by atomic mass is 10.0. The van der Waals surface area contributed by atoms with E-state index in [9.17, 15) is 5.11 Å². The van der Waals surface area contributed by atoms with Crippen LogP contribution in [0.15, 0.2) is 11.4 Å². The van der Waals surface area contributed by atoms with Crippen LogP contribution in [0.2, 0.25) is 5.02 Å². The van der Waals surface area contributed by atoms with Crippen LogP contribution in [-0.2, 0) is 5.60 Å². The van der Waals surface area contributed by atoms with E-state index in [2.05, 4.69) is 19.2 Å². The van der Waals surface area contributed by atoms with Crippen molar-refractivity contribution in [2.45, 2.75) is 26.4 Å². The van der Waals surface area contributed by atoms with Gasteiger partial charge in [-0.15, -0.1) is 11.3 Å². The van der Waals surface area contributed by atoms with Gasteiger partial charge in [-0.1, -0.05) is 25.4 Å². The number of nitrogens with one attached hydrogen (secondary N) is 1. The number of rotatable bonds is 5. The second kappa shape index (κ2) is 5.30. The standard InChI is InChI=1S/C11H18ClNOS/c1-8(2)6-13-7-11(3,14)10-9(12)4-5-15-10/h4-5,8,13-14H,6-7H2,1-3H3. The van der Waals surface area contributed by atoms with Crippen molar-refractivity contribution in [3.63, 3.8) is 0 Å². The molecule has 1 rings (SSSR count). The lowest BCUT2D eigenvalue weighted by Gasteiger charge is -2.23. The van der Waals surface area contributed by atoms with Crippen LogP contribution in [0.4, 0.5) is 0 Å². The predicted octanol–water partition coefficient (Wildman–Crippen LogP) is 2.85. The zero-order valence-corrected chi connectivity index (χ0v) is 11.0. The molecule has 0 fully saturated rings. The number of hydrogen-bond donors (Lipinski definition) is 2. The summed E-state index contributed by atoms with van der Waals surface area (Å²) in [6, 6.07) is 1.82. The molecule has 0 spiro atoms. The van der Waals surface area contributed by atoms with Crippen LogP contribution in [0.3, 0.4) is 0 Å². The van der Waals surface area contributed by atoms with E-state index < -0.39 is 5.60 Å². The average Bonchev–Trinajstić information content (AvgIpc) is 2.50. The Balaban J connectivity index is 2.56.